The van der Waals surface area contributed by atoms with Crippen LogP contribution in [0.4, 0.5) is 9.52 Å². The fraction of sp³-hybridized carbons (Fsp3) is 0.207. The number of carbonyl (C=O) groups excluding carboxylic acids is 2. The topological polar surface area (TPSA) is 89.0 Å². The van der Waals surface area contributed by atoms with Gasteiger partial charge in [-0.1, -0.05) is 55.0 Å². The molecule has 0 saturated carbocycles. The predicted octanol–water partition coefficient (Wildman–Crippen LogP) is 6.25. The number of aliphatic hydroxyl groups excluding tert-OH is 1. The first-order valence-corrected chi connectivity index (χ1v) is 13.0. The zero-order chi connectivity index (χ0) is 26.8. The van der Waals surface area contributed by atoms with Crippen LogP contribution in [0.5, 0.6) is 11.5 Å². The summed E-state index contributed by atoms with van der Waals surface area (Å²) in [6, 6.07) is 16.6. The number of halogens is 1. The molecule has 1 saturated heterocycles. The number of Topliss-reactive ketones (excluding diaryl/α,β-unsaturated/α-hetero) is 1. The van der Waals surface area contributed by atoms with Crippen LogP contribution < -0.4 is 14.4 Å². The molecule has 1 amide bonds. The van der Waals surface area contributed by atoms with Crippen molar-refractivity contribution in [3.8, 4) is 11.5 Å². The number of methoxy groups -OCH3 is 1. The van der Waals surface area contributed by atoms with Crippen molar-refractivity contribution in [3.63, 3.8) is 0 Å². The van der Waals surface area contributed by atoms with E-state index in [0.717, 1.165) is 22.4 Å². The van der Waals surface area contributed by atoms with Gasteiger partial charge in [-0.2, -0.15) is 0 Å². The maximum atomic E-state index is 15.2. The molecule has 1 aromatic heterocycles. The van der Waals surface area contributed by atoms with Crippen LogP contribution in [0.25, 0.3) is 16.0 Å². The number of aliphatic hydroxyl groups is 1. The Bertz CT molecular complexity index is 1560. The van der Waals surface area contributed by atoms with Gasteiger partial charge < -0.3 is 14.6 Å². The van der Waals surface area contributed by atoms with Crippen LogP contribution in [0.3, 0.4) is 0 Å². The van der Waals surface area contributed by atoms with Crippen LogP contribution in [0.15, 0.2) is 72.3 Å². The highest BCUT2D eigenvalue weighted by molar-refractivity contribution is 7.22. The van der Waals surface area contributed by atoms with Crippen LogP contribution in [-0.2, 0) is 9.59 Å². The van der Waals surface area contributed by atoms with E-state index in [1.54, 1.807) is 55.6 Å². The lowest BCUT2D eigenvalue weighted by molar-refractivity contribution is -0.132. The summed E-state index contributed by atoms with van der Waals surface area (Å²) in [5, 5.41) is 11.6. The molecule has 7 nitrogen and oxygen atoms in total. The molecular formula is C29H25FN2O5S. The van der Waals surface area contributed by atoms with Crippen molar-refractivity contribution in [2.45, 2.75) is 25.8 Å². The second kappa shape index (κ2) is 10.6. The summed E-state index contributed by atoms with van der Waals surface area (Å²) in [6.07, 6.45) is 1.83. The first-order valence-electron chi connectivity index (χ1n) is 12.2. The zero-order valence-electron chi connectivity index (χ0n) is 20.8. The number of fused-ring (bicyclic) bond motifs is 1. The minimum absolute atomic E-state index is 0.0698. The summed E-state index contributed by atoms with van der Waals surface area (Å²) in [5.74, 6) is -1.73. The van der Waals surface area contributed by atoms with E-state index in [0.29, 0.717) is 23.6 Å². The Hall–Kier alpha value is -4.24. The average Bonchev–Trinajstić information content (AvgIpc) is 3.46. The molecule has 1 unspecified atom stereocenters. The minimum Gasteiger partial charge on any atom is -0.507 e. The third kappa shape index (κ3) is 4.61. The molecule has 9 heteroatoms. The summed E-state index contributed by atoms with van der Waals surface area (Å²) < 4.78 is 26.9. The van der Waals surface area contributed by atoms with Gasteiger partial charge in [0.2, 0.25) is 0 Å². The molecule has 1 fully saturated rings. The highest BCUT2D eigenvalue weighted by Gasteiger charge is 2.49. The summed E-state index contributed by atoms with van der Waals surface area (Å²) in [5.41, 5.74) is 0.729. The maximum absolute atomic E-state index is 15.2. The number of carbonyl (C=O) groups is 2. The van der Waals surface area contributed by atoms with Crippen molar-refractivity contribution in [2.75, 3.05) is 18.6 Å². The summed E-state index contributed by atoms with van der Waals surface area (Å²) in [7, 11) is 1.55. The molecule has 194 valence electrons. The molecule has 4 aromatic rings. The number of aromatic nitrogens is 1. The Balaban J connectivity index is 1.66. The summed E-state index contributed by atoms with van der Waals surface area (Å²) in [4.78, 5) is 32.5. The van der Waals surface area contributed by atoms with E-state index in [1.807, 2.05) is 0 Å². The first kappa shape index (κ1) is 25.4. The van der Waals surface area contributed by atoms with Crippen molar-refractivity contribution in [1.82, 2.24) is 4.98 Å². The molecule has 2 heterocycles. The normalized spacial score (nSPS) is 16.8. The fourth-order valence-electron chi connectivity index (χ4n) is 4.37. The quantitative estimate of drug-likeness (QED) is 0.125. The minimum atomic E-state index is -1.22. The number of benzene rings is 3. The van der Waals surface area contributed by atoms with Gasteiger partial charge in [-0.25, -0.2) is 9.37 Å². The Morgan fingerprint density at radius 3 is 2.66 bits per heavy atom. The molecule has 1 aliphatic heterocycles. The molecule has 0 bridgehead atoms. The molecule has 0 radical (unpaired) electrons. The lowest BCUT2D eigenvalue weighted by Gasteiger charge is -2.23. The standard InChI is InChI=1S/C29H25FN2O5S/c1-3-4-14-37-19-9-7-8-17(15-19)26(33)24-25(20-10-5-6-11-21(20)30)32(28(35)27(24)34)29-31-22-13-12-18(36-2)16-23(22)38-29/h5-13,15-16,25,33H,3-4,14H2,1-2H3. The van der Waals surface area contributed by atoms with E-state index in [9.17, 15) is 14.7 Å². The van der Waals surface area contributed by atoms with Crippen LogP contribution in [0, 0.1) is 5.82 Å². The molecule has 1 atom stereocenters. The van der Waals surface area contributed by atoms with E-state index in [1.165, 1.54) is 29.5 Å². The van der Waals surface area contributed by atoms with Crippen LogP contribution in [0.2, 0.25) is 0 Å². The number of hydrogen-bond acceptors (Lipinski definition) is 7. The fourth-order valence-corrected chi connectivity index (χ4v) is 5.39. The van der Waals surface area contributed by atoms with E-state index >= 15 is 4.39 Å². The second-order valence-electron chi connectivity index (χ2n) is 8.75. The Kier molecular flexibility index (Phi) is 7.11. The van der Waals surface area contributed by atoms with E-state index in [2.05, 4.69) is 11.9 Å². The number of unbranched alkanes of at least 4 members (excludes halogenated alkanes) is 1. The highest BCUT2D eigenvalue weighted by Crippen LogP contribution is 2.45. The molecule has 1 N–H and O–H groups in total. The van der Waals surface area contributed by atoms with Crippen molar-refractivity contribution in [2.24, 2.45) is 0 Å². The molecule has 0 aliphatic carbocycles. The third-order valence-corrected chi connectivity index (χ3v) is 7.33. The molecule has 5 rings (SSSR count). The summed E-state index contributed by atoms with van der Waals surface area (Å²) >= 11 is 1.17. The SMILES string of the molecule is CCCCOc1cccc(C(O)=C2C(=O)C(=O)N(c3nc4ccc(OC)cc4s3)C2c2ccccc2F)c1. The van der Waals surface area contributed by atoms with Gasteiger partial charge in [0.25, 0.3) is 5.78 Å². The predicted molar refractivity (Wildman–Crippen MR) is 144 cm³/mol. The van der Waals surface area contributed by atoms with Gasteiger partial charge in [0.1, 0.15) is 29.1 Å². The van der Waals surface area contributed by atoms with Crippen molar-refractivity contribution in [1.29, 1.82) is 0 Å². The highest BCUT2D eigenvalue weighted by atomic mass is 32.1. The van der Waals surface area contributed by atoms with Crippen LogP contribution >= 0.6 is 11.3 Å². The Labute approximate surface area is 222 Å². The van der Waals surface area contributed by atoms with E-state index < -0.39 is 29.3 Å². The second-order valence-corrected chi connectivity index (χ2v) is 9.76. The Morgan fingerprint density at radius 1 is 1.08 bits per heavy atom. The van der Waals surface area contributed by atoms with E-state index in [-0.39, 0.29) is 21.8 Å². The van der Waals surface area contributed by atoms with Gasteiger partial charge in [-0.05, 0) is 42.8 Å². The lowest BCUT2D eigenvalue weighted by Crippen LogP contribution is -2.29. The molecule has 3 aromatic carbocycles. The van der Waals surface area contributed by atoms with Gasteiger partial charge in [0, 0.05) is 11.1 Å². The number of rotatable bonds is 8. The molecule has 38 heavy (non-hydrogen) atoms. The smallest absolute Gasteiger partial charge is 0.301 e. The van der Waals surface area contributed by atoms with Crippen molar-refractivity contribution < 1.29 is 28.6 Å². The van der Waals surface area contributed by atoms with Crippen molar-refractivity contribution in [3.05, 3.63) is 89.2 Å². The number of ketones is 1. The average molecular weight is 533 g/mol. The number of anilines is 1. The number of thiazole rings is 1. The number of nitrogens with zero attached hydrogens (tertiary/aromatic N) is 2. The largest absolute Gasteiger partial charge is 0.507 e. The van der Waals surface area contributed by atoms with Crippen molar-refractivity contribution >= 4 is 44.1 Å². The van der Waals surface area contributed by atoms with Gasteiger partial charge in [0.05, 0.1) is 29.5 Å². The van der Waals surface area contributed by atoms with Crippen LogP contribution in [0.1, 0.15) is 36.9 Å². The summed E-state index contributed by atoms with van der Waals surface area (Å²) in [6.45, 7) is 2.55. The van der Waals surface area contributed by atoms with Gasteiger partial charge in [-0.3, -0.25) is 14.5 Å². The van der Waals surface area contributed by atoms with Gasteiger partial charge in [0.15, 0.2) is 5.13 Å². The molecule has 0 spiro atoms. The van der Waals surface area contributed by atoms with Gasteiger partial charge in [-0.15, -0.1) is 0 Å². The maximum Gasteiger partial charge on any atom is 0.301 e. The van der Waals surface area contributed by atoms with Crippen LogP contribution in [-0.4, -0.2) is 35.5 Å². The number of ether oxygens (including phenoxy) is 2. The number of amides is 1. The molecule has 1 aliphatic rings. The third-order valence-electron chi connectivity index (χ3n) is 6.31. The monoisotopic (exact) mass is 532 g/mol. The van der Waals surface area contributed by atoms with Gasteiger partial charge >= 0.3 is 5.91 Å². The Morgan fingerprint density at radius 2 is 1.89 bits per heavy atom. The number of hydrogen-bond donors (Lipinski definition) is 1. The van der Waals surface area contributed by atoms with E-state index in [4.69, 9.17) is 9.47 Å². The molecular weight excluding hydrogens is 507 g/mol. The lowest BCUT2D eigenvalue weighted by atomic mass is 9.95. The first-order chi connectivity index (χ1) is 18.4. The zero-order valence-corrected chi connectivity index (χ0v) is 21.6.